The Balaban J connectivity index is 1.50. The molecule has 1 N–H and O–H groups in total. The highest BCUT2D eigenvalue weighted by Gasteiger charge is 2.27. The quantitative estimate of drug-likeness (QED) is 0.787. The Morgan fingerprint density at radius 1 is 1.15 bits per heavy atom. The van der Waals surface area contributed by atoms with E-state index in [1.807, 2.05) is 4.90 Å². The molecular formula is C19H18FN5O. The number of halogens is 1. The van der Waals surface area contributed by atoms with E-state index in [0.717, 1.165) is 30.8 Å². The highest BCUT2D eigenvalue weighted by Crippen LogP contribution is 2.27. The van der Waals surface area contributed by atoms with Crippen LogP contribution in [0, 0.1) is 5.82 Å². The number of carbonyl (C=O) groups excluding carboxylic acids is 1. The molecular weight excluding hydrogens is 333 g/mol. The van der Waals surface area contributed by atoms with Gasteiger partial charge in [-0.25, -0.2) is 9.37 Å². The molecule has 1 atom stereocenters. The zero-order valence-electron chi connectivity index (χ0n) is 14.1. The molecule has 0 unspecified atom stereocenters. The fraction of sp³-hybridized carbons (Fsp3) is 0.263. The Hall–Kier alpha value is -3.09. The van der Waals surface area contributed by atoms with Crippen molar-refractivity contribution < 1.29 is 9.18 Å². The van der Waals surface area contributed by atoms with Crippen LogP contribution in [0.4, 0.5) is 4.39 Å². The van der Waals surface area contributed by atoms with Crippen LogP contribution in [0.25, 0.3) is 11.4 Å². The van der Waals surface area contributed by atoms with Crippen molar-refractivity contribution in [3.8, 4) is 11.4 Å². The minimum absolute atomic E-state index is 0.00960. The number of benzene rings is 1. The molecule has 3 aromatic rings. The third-order valence-corrected chi connectivity index (χ3v) is 4.63. The summed E-state index contributed by atoms with van der Waals surface area (Å²) in [5.41, 5.74) is 1.40. The predicted octanol–water partition coefficient (Wildman–Crippen LogP) is 3.03. The predicted molar refractivity (Wildman–Crippen MR) is 93.9 cm³/mol. The second kappa shape index (κ2) is 7.03. The van der Waals surface area contributed by atoms with E-state index >= 15 is 0 Å². The molecule has 6 nitrogen and oxygen atoms in total. The number of aromatic amines is 1. The second-order valence-corrected chi connectivity index (χ2v) is 6.38. The molecule has 1 aliphatic heterocycles. The van der Waals surface area contributed by atoms with Crippen molar-refractivity contribution in [2.45, 2.75) is 18.8 Å². The van der Waals surface area contributed by atoms with Gasteiger partial charge in [-0.2, -0.15) is 5.10 Å². The first-order chi connectivity index (χ1) is 12.7. The normalized spacial score (nSPS) is 17.3. The van der Waals surface area contributed by atoms with Gasteiger partial charge in [-0.15, -0.1) is 0 Å². The number of hydrogen-bond donors (Lipinski definition) is 1. The first-order valence-corrected chi connectivity index (χ1v) is 8.58. The lowest BCUT2D eigenvalue weighted by molar-refractivity contribution is 0.0704. The van der Waals surface area contributed by atoms with Crippen molar-refractivity contribution >= 4 is 5.91 Å². The number of rotatable bonds is 3. The van der Waals surface area contributed by atoms with Crippen molar-refractivity contribution in [1.29, 1.82) is 0 Å². The fourth-order valence-corrected chi connectivity index (χ4v) is 3.25. The molecule has 3 heterocycles. The van der Waals surface area contributed by atoms with Crippen molar-refractivity contribution in [2.75, 3.05) is 13.1 Å². The molecule has 26 heavy (non-hydrogen) atoms. The molecule has 1 fully saturated rings. The maximum Gasteiger partial charge on any atom is 0.253 e. The minimum atomic E-state index is -0.290. The van der Waals surface area contributed by atoms with Gasteiger partial charge in [0.15, 0.2) is 5.82 Å². The molecule has 0 saturated carbocycles. The molecule has 7 heteroatoms. The van der Waals surface area contributed by atoms with E-state index < -0.39 is 0 Å². The number of hydrogen-bond acceptors (Lipinski definition) is 4. The Labute approximate surface area is 150 Å². The summed E-state index contributed by atoms with van der Waals surface area (Å²) >= 11 is 0. The van der Waals surface area contributed by atoms with Crippen LogP contribution in [0.1, 0.15) is 34.9 Å². The van der Waals surface area contributed by atoms with E-state index in [2.05, 4.69) is 20.2 Å². The smallest absolute Gasteiger partial charge is 0.253 e. The van der Waals surface area contributed by atoms with Crippen LogP contribution in [-0.4, -0.2) is 44.1 Å². The van der Waals surface area contributed by atoms with Crippen LogP contribution < -0.4 is 0 Å². The van der Waals surface area contributed by atoms with Gasteiger partial charge in [0, 0.05) is 42.5 Å². The van der Waals surface area contributed by atoms with Gasteiger partial charge in [-0.05, 0) is 49.2 Å². The number of pyridine rings is 1. The molecule has 1 aromatic carbocycles. The summed E-state index contributed by atoms with van der Waals surface area (Å²) in [4.78, 5) is 23.0. The van der Waals surface area contributed by atoms with Gasteiger partial charge in [-0.3, -0.25) is 14.9 Å². The van der Waals surface area contributed by atoms with Crippen LogP contribution >= 0.6 is 0 Å². The summed E-state index contributed by atoms with van der Waals surface area (Å²) in [6, 6.07) is 9.55. The molecule has 132 valence electrons. The number of amides is 1. The number of carbonyl (C=O) groups is 1. The molecule has 0 bridgehead atoms. The molecule has 0 aliphatic carbocycles. The monoisotopic (exact) mass is 351 g/mol. The van der Waals surface area contributed by atoms with Crippen molar-refractivity contribution in [3.05, 3.63) is 66.0 Å². The Morgan fingerprint density at radius 2 is 1.92 bits per heavy atom. The summed E-state index contributed by atoms with van der Waals surface area (Å²) in [7, 11) is 0. The molecule has 1 aliphatic rings. The molecule has 0 radical (unpaired) electrons. The average Bonchev–Trinajstić information content (AvgIpc) is 3.19. The van der Waals surface area contributed by atoms with Crippen molar-refractivity contribution in [3.63, 3.8) is 0 Å². The van der Waals surface area contributed by atoms with E-state index in [1.54, 1.807) is 36.7 Å². The highest BCUT2D eigenvalue weighted by atomic mass is 19.1. The van der Waals surface area contributed by atoms with Gasteiger partial charge in [0.25, 0.3) is 5.91 Å². The molecule has 1 saturated heterocycles. The molecule has 4 rings (SSSR count). The topological polar surface area (TPSA) is 74.8 Å². The molecule has 1 amide bonds. The lowest BCUT2D eigenvalue weighted by Gasteiger charge is -2.31. The zero-order valence-corrected chi connectivity index (χ0v) is 14.1. The van der Waals surface area contributed by atoms with E-state index in [1.165, 1.54) is 12.1 Å². The maximum absolute atomic E-state index is 13.1. The summed E-state index contributed by atoms with van der Waals surface area (Å²) in [5, 5.41) is 7.23. The van der Waals surface area contributed by atoms with Gasteiger partial charge in [0.05, 0.1) is 0 Å². The van der Waals surface area contributed by atoms with Gasteiger partial charge in [-0.1, -0.05) is 0 Å². The van der Waals surface area contributed by atoms with Crippen LogP contribution in [0.5, 0.6) is 0 Å². The van der Waals surface area contributed by atoms with Gasteiger partial charge in [0.1, 0.15) is 11.6 Å². The van der Waals surface area contributed by atoms with Gasteiger partial charge >= 0.3 is 0 Å². The summed E-state index contributed by atoms with van der Waals surface area (Å²) in [5.74, 6) is 1.13. The van der Waals surface area contributed by atoms with Crippen LogP contribution in [0.3, 0.4) is 0 Å². The van der Waals surface area contributed by atoms with Crippen LogP contribution in [0.15, 0.2) is 48.8 Å². The minimum Gasteiger partial charge on any atom is -0.338 e. The molecule has 0 spiro atoms. The first-order valence-electron chi connectivity index (χ1n) is 8.58. The SMILES string of the molecule is O=C(c1ccncc1)N1CCC[C@H](c2nc(-c3ccc(F)cc3)n[nH]2)C1. The Bertz CT molecular complexity index is 894. The number of nitrogens with one attached hydrogen (secondary N) is 1. The maximum atomic E-state index is 13.1. The second-order valence-electron chi connectivity index (χ2n) is 6.38. The van der Waals surface area contributed by atoms with Gasteiger partial charge in [0.2, 0.25) is 0 Å². The van der Waals surface area contributed by atoms with E-state index in [4.69, 9.17) is 0 Å². The standard InChI is InChI=1S/C19H18FN5O/c20-16-5-3-13(4-6-16)17-22-18(24-23-17)15-2-1-11-25(12-15)19(26)14-7-9-21-10-8-14/h3-10,15H,1-2,11-12H2,(H,22,23,24)/t15-/m0/s1. The molecule has 2 aromatic heterocycles. The fourth-order valence-electron chi connectivity index (χ4n) is 3.25. The zero-order chi connectivity index (χ0) is 17.9. The lowest BCUT2D eigenvalue weighted by Crippen LogP contribution is -2.39. The summed E-state index contributed by atoms with van der Waals surface area (Å²) < 4.78 is 13.1. The number of H-pyrrole nitrogens is 1. The third kappa shape index (κ3) is 3.33. The highest BCUT2D eigenvalue weighted by molar-refractivity contribution is 5.94. The Morgan fingerprint density at radius 3 is 2.69 bits per heavy atom. The van der Waals surface area contributed by atoms with Crippen LogP contribution in [-0.2, 0) is 0 Å². The van der Waals surface area contributed by atoms with E-state index in [-0.39, 0.29) is 17.6 Å². The number of likely N-dealkylation sites (tertiary alicyclic amines) is 1. The Kier molecular flexibility index (Phi) is 4.43. The summed E-state index contributed by atoms with van der Waals surface area (Å²) in [6.07, 6.45) is 5.10. The van der Waals surface area contributed by atoms with E-state index in [9.17, 15) is 9.18 Å². The summed E-state index contributed by atoms with van der Waals surface area (Å²) in [6.45, 7) is 1.33. The van der Waals surface area contributed by atoms with Gasteiger partial charge < -0.3 is 4.90 Å². The number of aromatic nitrogens is 4. The van der Waals surface area contributed by atoms with Crippen LogP contribution in [0.2, 0.25) is 0 Å². The third-order valence-electron chi connectivity index (χ3n) is 4.63. The largest absolute Gasteiger partial charge is 0.338 e. The lowest BCUT2D eigenvalue weighted by atomic mass is 9.97. The first kappa shape index (κ1) is 16.4. The average molecular weight is 351 g/mol. The van der Waals surface area contributed by atoms with Crippen molar-refractivity contribution in [2.24, 2.45) is 0 Å². The number of nitrogens with zero attached hydrogens (tertiary/aromatic N) is 4. The number of piperidine rings is 1. The van der Waals surface area contributed by atoms with E-state index in [0.29, 0.717) is 17.9 Å². The van der Waals surface area contributed by atoms with Crippen molar-refractivity contribution in [1.82, 2.24) is 25.1 Å².